The van der Waals surface area contributed by atoms with Crippen molar-refractivity contribution in [3.05, 3.63) is 39.0 Å². The van der Waals surface area contributed by atoms with E-state index < -0.39 is 11.2 Å². The summed E-state index contributed by atoms with van der Waals surface area (Å²) in [5.41, 5.74) is 1.91. The molecule has 7 heteroatoms. The first-order valence-corrected chi connectivity index (χ1v) is 6.45. The number of nitrogens with zero attached hydrogens (tertiary/aromatic N) is 5. The molecule has 2 aromatic heterocycles. The lowest BCUT2D eigenvalue weighted by atomic mass is 10.2. The Kier molecular flexibility index (Phi) is 2.79. The second-order valence-electron chi connectivity index (χ2n) is 5.17. The third-order valence-corrected chi connectivity index (χ3v) is 3.54. The van der Waals surface area contributed by atoms with Gasteiger partial charge in [0.2, 0.25) is 0 Å². The van der Waals surface area contributed by atoms with E-state index in [1.807, 2.05) is 37.2 Å². The fourth-order valence-electron chi connectivity index (χ4n) is 2.25. The fourth-order valence-corrected chi connectivity index (χ4v) is 2.25. The Morgan fingerprint density at radius 2 is 1.71 bits per heavy atom. The first-order valence-electron chi connectivity index (χ1n) is 6.45. The van der Waals surface area contributed by atoms with Crippen LogP contribution in [-0.4, -0.2) is 33.2 Å². The maximum Gasteiger partial charge on any atom is 0.332 e. The Bertz CT molecular complexity index is 984. The highest BCUT2D eigenvalue weighted by atomic mass is 16.2. The summed E-state index contributed by atoms with van der Waals surface area (Å²) in [4.78, 5) is 34.9. The van der Waals surface area contributed by atoms with E-state index in [1.54, 1.807) is 7.05 Å². The number of anilines is 1. The smallest absolute Gasteiger partial charge is 0.332 e. The number of aryl methyl sites for hydroxylation is 1. The van der Waals surface area contributed by atoms with Crippen molar-refractivity contribution < 1.29 is 0 Å². The van der Waals surface area contributed by atoms with Gasteiger partial charge in [-0.15, -0.1) is 0 Å². The molecule has 0 atom stereocenters. The maximum atomic E-state index is 12.2. The Labute approximate surface area is 120 Å². The van der Waals surface area contributed by atoms with Crippen molar-refractivity contribution in [2.75, 3.05) is 19.0 Å². The summed E-state index contributed by atoms with van der Waals surface area (Å²) < 4.78 is 2.38. The Hall–Kier alpha value is -2.70. The maximum absolute atomic E-state index is 12.2. The second kappa shape index (κ2) is 4.41. The Morgan fingerprint density at radius 3 is 2.38 bits per heavy atom. The number of rotatable bonds is 1. The van der Waals surface area contributed by atoms with Gasteiger partial charge in [0, 0.05) is 33.9 Å². The topological polar surface area (TPSA) is 73.0 Å². The lowest BCUT2D eigenvalue weighted by molar-refractivity contribution is 0.706. The largest absolute Gasteiger partial charge is 0.378 e. The average molecular weight is 285 g/mol. The van der Waals surface area contributed by atoms with Crippen LogP contribution < -0.4 is 16.1 Å². The van der Waals surface area contributed by atoms with Crippen LogP contribution in [0.1, 0.15) is 0 Å². The molecule has 0 amide bonds. The summed E-state index contributed by atoms with van der Waals surface area (Å²) in [6.07, 6.45) is 0. The fraction of sp³-hybridized carbons (Fsp3) is 0.286. The van der Waals surface area contributed by atoms with Gasteiger partial charge in [0.1, 0.15) is 0 Å². The van der Waals surface area contributed by atoms with E-state index in [0.29, 0.717) is 16.7 Å². The van der Waals surface area contributed by atoms with Crippen molar-refractivity contribution in [2.45, 2.75) is 0 Å². The van der Waals surface area contributed by atoms with Gasteiger partial charge in [-0.25, -0.2) is 14.8 Å². The molecule has 3 aromatic rings. The highest BCUT2D eigenvalue weighted by Crippen LogP contribution is 2.19. The van der Waals surface area contributed by atoms with Crippen LogP contribution in [-0.2, 0) is 14.1 Å². The van der Waals surface area contributed by atoms with Crippen molar-refractivity contribution in [1.29, 1.82) is 0 Å². The van der Waals surface area contributed by atoms with Crippen molar-refractivity contribution in [3.8, 4) is 0 Å². The molecule has 1 aromatic carbocycles. The zero-order valence-electron chi connectivity index (χ0n) is 12.3. The van der Waals surface area contributed by atoms with Crippen LogP contribution in [0.15, 0.2) is 27.8 Å². The van der Waals surface area contributed by atoms with Gasteiger partial charge in [-0.3, -0.25) is 13.9 Å². The first-order chi connectivity index (χ1) is 9.90. The van der Waals surface area contributed by atoms with Crippen molar-refractivity contribution >= 4 is 27.9 Å². The number of hydrogen-bond acceptors (Lipinski definition) is 5. The minimum atomic E-state index is -0.431. The molecule has 0 saturated carbocycles. The quantitative estimate of drug-likeness (QED) is 0.599. The zero-order chi connectivity index (χ0) is 15.3. The summed E-state index contributed by atoms with van der Waals surface area (Å²) in [5, 5.41) is 0. The van der Waals surface area contributed by atoms with Crippen LogP contribution in [0.25, 0.3) is 22.2 Å². The standard InChI is InChI=1S/C14H15N5O2/c1-17(2)8-5-6-9-10(7-8)16-12-11(15-9)13(20)19(4)14(21)18(12)3/h5-7H,1-4H3. The van der Waals surface area contributed by atoms with E-state index in [4.69, 9.17) is 0 Å². The molecule has 0 aliphatic carbocycles. The third-order valence-electron chi connectivity index (χ3n) is 3.54. The highest BCUT2D eigenvalue weighted by molar-refractivity contribution is 5.86. The summed E-state index contributed by atoms with van der Waals surface area (Å²) >= 11 is 0. The second-order valence-corrected chi connectivity index (χ2v) is 5.17. The molecule has 21 heavy (non-hydrogen) atoms. The molecule has 0 unspecified atom stereocenters. The van der Waals surface area contributed by atoms with Crippen molar-refractivity contribution in [3.63, 3.8) is 0 Å². The van der Waals surface area contributed by atoms with Crippen LogP contribution in [0.4, 0.5) is 5.69 Å². The summed E-state index contributed by atoms with van der Waals surface area (Å²) in [7, 11) is 6.88. The molecular formula is C14H15N5O2. The van der Waals surface area contributed by atoms with Gasteiger partial charge in [-0.1, -0.05) is 0 Å². The lowest BCUT2D eigenvalue weighted by Crippen LogP contribution is -2.37. The monoisotopic (exact) mass is 285 g/mol. The number of fused-ring (bicyclic) bond motifs is 2. The highest BCUT2D eigenvalue weighted by Gasteiger charge is 2.12. The Balaban J connectivity index is 2.49. The molecule has 0 saturated heterocycles. The van der Waals surface area contributed by atoms with Gasteiger partial charge in [-0.05, 0) is 18.2 Å². The van der Waals surface area contributed by atoms with E-state index in [0.717, 1.165) is 10.3 Å². The summed E-state index contributed by atoms with van der Waals surface area (Å²) in [6.45, 7) is 0. The van der Waals surface area contributed by atoms with Gasteiger partial charge in [0.25, 0.3) is 5.56 Å². The van der Waals surface area contributed by atoms with Gasteiger partial charge >= 0.3 is 5.69 Å². The molecule has 0 radical (unpaired) electrons. The number of hydrogen-bond donors (Lipinski definition) is 0. The van der Waals surface area contributed by atoms with Crippen LogP contribution >= 0.6 is 0 Å². The molecule has 2 heterocycles. The van der Waals surface area contributed by atoms with E-state index in [9.17, 15) is 9.59 Å². The molecule has 0 aliphatic heterocycles. The van der Waals surface area contributed by atoms with Crippen molar-refractivity contribution in [1.82, 2.24) is 19.1 Å². The van der Waals surface area contributed by atoms with Crippen LogP contribution in [0.3, 0.4) is 0 Å². The average Bonchev–Trinajstić information content (AvgIpc) is 2.48. The van der Waals surface area contributed by atoms with E-state index >= 15 is 0 Å². The molecule has 0 aliphatic rings. The molecule has 3 rings (SSSR count). The summed E-state index contributed by atoms with van der Waals surface area (Å²) in [5.74, 6) is 0. The van der Waals surface area contributed by atoms with Gasteiger partial charge in [0.15, 0.2) is 11.2 Å². The van der Waals surface area contributed by atoms with Gasteiger partial charge < -0.3 is 4.90 Å². The molecule has 7 nitrogen and oxygen atoms in total. The minimum absolute atomic E-state index is 0.199. The zero-order valence-corrected chi connectivity index (χ0v) is 12.3. The van der Waals surface area contributed by atoms with E-state index in [-0.39, 0.29) is 5.52 Å². The van der Waals surface area contributed by atoms with Gasteiger partial charge in [0.05, 0.1) is 11.0 Å². The predicted octanol–water partition coefficient (Wildman–Crippen LogP) is 0.246. The SMILES string of the molecule is CN(C)c1ccc2nc3c(=O)n(C)c(=O)n(C)c3nc2c1. The normalized spacial score (nSPS) is 11.2. The molecule has 0 bridgehead atoms. The third kappa shape index (κ3) is 1.89. The molecule has 108 valence electrons. The number of benzene rings is 1. The number of aromatic nitrogens is 4. The molecule has 0 fully saturated rings. The van der Waals surface area contributed by atoms with Crippen LogP contribution in [0, 0.1) is 0 Å². The van der Waals surface area contributed by atoms with Crippen LogP contribution in [0.5, 0.6) is 0 Å². The van der Waals surface area contributed by atoms with Crippen molar-refractivity contribution in [2.24, 2.45) is 14.1 Å². The van der Waals surface area contributed by atoms with E-state index in [1.165, 1.54) is 11.6 Å². The lowest BCUT2D eigenvalue weighted by Gasteiger charge is -2.13. The van der Waals surface area contributed by atoms with E-state index in [2.05, 4.69) is 9.97 Å². The van der Waals surface area contributed by atoms with Crippen LogP contribution in [0.2, 0.25) is 0 Å². The Morgan fingerprint density at radius 1 is 1.00 bits per heavy atom. The molecule has 0 spiro atoms. The first kappa shape index (κ1) is 13.3. The summed E-state index contributed by atoms with van der Waals surface area (Å²) in [6, 6.07) is 5.61. The predicted molar refractivity (Wildman–Crippen MR) is 81.9 cm³/mol. The van der Waals surface area contributed by atoms with Gasteiger partial charge in [-0.2, -0.15) is 0 Å². The molecule has 0 N–H and O–H groups in total. The molecular weight excluding hydrogens is 270 g/mol. The minimum Gasteiger partial charge on any atom is -0.378 e.